The number of nitrogens with zero attached hydrogens (tertiary/aromatic N) is 5. The zero-order valence-electron chi connectivity index (χ0n) is 11.1. The Morgan fingerprint density at radius 2 is 2.22 bits per heavy atom. The molecule has 0 atom stereocenters. The summed E-state index contributed by atoms with van der Waals surface area (Å²) in [5.74, 6) is 1.33. The summed E-state index contributed by atoms with van der Waals surface area (Å²) in [6.07, 6.45) is 5.74. The van der Waals surface area contributed by atoms with Crippen LogP contribution in [0.5, 0.6) is 0 Å². The Kier molecular flexibility index (Phi) is 3.96. The van der Waals surface area contributed by atoms with E-state index < -0.39 is 0 Å². The van der Waals surface area contributed by atoms with Crippen LogP contribution in [0.25, 0.3) is 0 Å². The number of hydrogen-bond donors (Lipinski definition) is 0. The lowest BCUT2D eigenvalue weighted by molar-refractivity contribution is 0.376. The topological polar surface area (TPSA) is 60.0 Å². The van der Waals surface area contributed by atoms with Crippen LogP contribution in [0.1, 0.15) is 31.7 Å². The maximum atomic E-state index is 5.17. The van der Waals surface area contributed by atoms with Crippen molar-refractivity contribution in [3.63, 3.8) is 0 Å². The van der Waals surface area contributed by atoms with Crippen LogP contribution < -0.4 is 4.90 Å². The van der Waals surface area contributed by atoms with Gasteiger partial charge in [-0.2, -0.15) is 10.1 Å². The summed E-state index contributed by atoms with van der Waals surface area (Å²) < 4.78 is 7.07. The molecule has 0 aliphatic carbocycles. The van der Waals surface area contributed by atoms with E-state index in [1.165, 1.54) is 0 Å². The standard InChI is InChI=1S/C12H19N5O/c1-4-6-11-14-12(15-18-11)16(3)8-10-7-13-17(5-2)9-10/h7,9H,4-6,8H2,1-3H3. The van der Waals surface area contributed by atoms with Gasteiger partial charge in [0, 0.05) is 38.3 Å². The first-order valence-electron chi connectivity index (χ1n) is 6.28. The molecule has 2 rings (SSSR count). The lowest BCUT2D eigenvalue weighted by Gasteiger charge is -2.11. The Balaban J connectivity index is 1.99. The van der Waals surface area contributed by atoms with Gasteiger partial charge in [-0.25, -0.2) is 0 Å². The zero-order valence-corrected chi connectivity index (χ0v) is 11.1. The van der Waals surface area contributed by atoms with E-state index in [1.54, 1.807) is 0 Å². The fourth-order valence-corrected chi connectivity index (χ4v) is 1.72. The smallest absolute Gasteiger partial charge is 0.266 e. The molecule has 2 heterocycles. The molecule has 0 spiro atoms. The molecule has 18 heavy (non-hydrogen) atoms. The number of anilines is 1. The Morgan fingerprint density at radius 3 is 2.89 bits per heavy atom. The largest absolute Gasteiger partial charge is 0.337 e. The fourth-order valence-electron chi connectivity index (χ4n) is 1.72. The first-order chi connectivity index (χ1) is 8.72. The lowest BCUT2D eigenvalue weighted by Crippen LogP contribution is -2.17. The van der Waals surface area contributed by atoms with Crippen LogP contribution in [0.4, 0.5) is 5.95 Å². The predicted molar refractivity (Wildman–Crippen MR) is 68.3 cm³/mol. The third-order valence-corrected chi connectivity index (χ3v) is 2.69. The van der Waals surface area contributed by atoms with Crippen LogP contribution in [-0.2, 0) is 19.5 Å². The van der Waals surface area contributed by atoms with Crippen molar-refractivity contribution in [2.75, 3.05) is 11.9 Å². The van der Waals surface area contributed by atoms with Gasteiger partial charge < -0.3 is 9.42 Å². The molecule has 0 N–H and O–H groups in total. The molecule has 0 fully saturated rings. The van der Waals surface area contributed by atoms with Crippen molar-refractivity contribution in [1.29, 1.82) is 0 Å². The molecule has 6 heteroatoms. The molecule has 0 radical (unpaired) electrons. The maximum absolute atomic E-state index is 5.17. The third-order valence-electron chi connectivity index (χ3n) is 2.69. The van der Waals surface area contributed by atoms with Crippen molar-refractivity contribution in [1.82, 2.24) is 19.9 Å². The Morgan fingerprint density at radius 1 is 1.39 bits per heavy atom. The molecule has 2 aromatic rings. The molecule has 0 saturated carbocycles. The molecule has 98 valence electrons. The van der Waals surface area contributed by atoms with Gasteiger partial charge in [-0.05, 0) is 18.5 Å². The number of rotatable bonds is 6. The summed E-state index contributed by atoms with van der Waals surface area (Å²) in [6.45, 7) is 5.76. The highest BCUT2D eigenvalue weighted by Crippen LogP contribution is 2.12. The van der Waals surface area contributed by atoms with Gasteiger partial charge in [0.2, 0.25) is 5.89 Å². The van der Waals surface area contributed by atoms with Crippen LogP contribution in [-0.4, -0.2) is 27.0 Å². The van der Waals surface area contributed by atoms with E-state index in [-0.39, 0.29) is 0 Å². The average Bonchev–Trinajstić information content (AvgIpc) is 2.98. The van der Waals surface area contributed by atoms with E-state index >= 15 is 0 Å². The molecule has 0 bridgehead atoms. The molecule has 0 aliphatic rings. The van der Waals surface area contributed by atoms with Crippen LogP contribution in [0.3, 0.4) is 0 Å². The van der Waals surface area contributed by atoms with E-state index in [0.717, 1.165) is 31.5 Å². The highest BCUT2D eigenvalue weighted by molar-refractivity contribution is 5.28. The Bertz CT molecular complexity index is 490. The SMILES string of the molecule is CCCc1nc(N(C)Cc2cnn(CC)c2)no1. The Hall–Kier alpha value is -1.85. The van der Waals surface area contributed by atoms with Gasteiger partial charge in [-0.15, -0.1) is 0 Å². The molecule has 0 amide bonds. The predicted octanol–water partition coefficient (Wildman–Crippen LogP) is 1.87. The highest BCUT2D eigenvalue weighted by atomic mass is 16.5. The van der Waals surface area contributed by atoms with Gasteiger partial charge in [0.05, 0.1) is 6.20 Å². The molecule has 0 aliphatic heterocycles. The van der Waals surface area contributed by atoms with E-state index in [4.69, 9.17) is 4.52 Å². The normalized spacial score (nSPS) is 10.8. The van der Waals surface area contributed by atoms with Crippen molar-refractivity contribution < 1.29 is 4.52 Å². The molecule has 0 aromatic carbocycles. The molecular weight excluding hydrogens is 230 g/mol. The van der Waals surface area contributed by atoms with Gasteiger partial charge in [-0.1, -0.05) is 6.92 Å². The Labute approximate surface area is 107 Å². The summed E-state index contributed by atoms with van der Waals surface area (Å²) in [5.41, 5.74) is 1.14. The third kappa shape index (κ3) is 2.88. The monoisotopic (exact) mass is 249 g/mol. The minimum atomic E-state index is 0.627. The first-order valence-corrected chi connectivity index (χ1v) is 6.28. The summed E-state index contributed by atoms with van der Waals surface area (Å²) in [7, 11) is 1.95. The lowest BCUT2D eigenvalue weighted by atomic mass is 10.3. The number of aryl methyl sites for hydroxylation is 2. The zero-order chi connectivity index (χ0) is 13.0. The molecule has 2 aromatic heterocycles. The van der Waals surface area contributed by atoms with Crippen LogP contribution in [0, 0.1) is 0 Å². The van der Waals surface area contributed by atoms with Crippen molar-refractivity contribution >= 4 is 5.95 Å². The first kappa shape index (κ1) is 12.6. The second-order valence-electron chi connectivity index (χ2n) is 4.30. The van der Waals surface area contributed by atoms with Gasteiger partial charge in [0.1, 0.15) is 0 Å². The van der Waals surface area contributed by atoms with Crippen molar-refractivity contribution in [2.24, 2.45) is 0 Å². The van der Waals surface area contributed by atoms with Gasteiger partial charge >= 0.3 is 0 Å². The molecule has 6 nitrogen and oxygen atoms in total. The molecule has 0 saturated heterocycles. The average molecular weight is 249 g/mol. The summed E-state index contributed by atoms with van der Waals surface area (Å²) in [5, 5.41) is 8.21. The van der Waals surface area contributed by atoms with Crippen LogP contribution >= 0.6 is 0 Å². The molecular formula is C12H19N5O. The van der Waals surface area contributed by atoms with Gasteiger partial charge in [0.15, 0.2) is 0 Å². The van der Waals surface area contributed by atoms with Gasteiger partial charge in [0.25, 0.3) is 5.95 Å². The fraction of sp³-hybridized carbons (Fsp3) is 0.583. The van der Waals surface area contributed by atoms with E-state index in [9.17, 15) is 0 Å². The van der Waals surface area contributed by atoms with E-state index in [1.807, 2.05) is 29.0 Å². The maximum Gasteiger partial charge on any atom is 0.266 e. The van der Waals surface area contributed by atoms with Crippen LogP contribution in [0.15, 0.2) is 16.9 Å². The quantitative estimate of drug-likeness (QED) is 0.782. The summed E-state index contributed by atoms with van der Waals surface area (Å²) >= 11 is 0. The van der Waals surface area contributed by atoms with Gasteiger partial charge in [-0.3, -0.25) is 4.68 Å². The van der Waals surface area contributed by atoms with Crippen molar-refractivity contribution in [3.05, 3.63) is 23.8 Å². The highest BCUT2D eigenvalue weighted by Gasteiger charge is 2.11. The van der Waals surface area contributed by atoms with E-state index in [0.29, 0.717) is 11.8 Å². The minimum Gasteiger partial charge on any atom is -0.337 e. The minimum absolute atomic E-state index is 0.627. The number of aromatic nitrogens is 4. The summed E-state index contributed by atoms with van der Waals surface area (Å²) in [6, 6.07) is 0. The van der Waals surface area contributed by atoms with Crippen molar-refractivity contribution in [3.8, 4) is 0 Å². The van der Waals surface area contributed by atoms with Crippen LogP contribution in [0.2, 0.25) is 0 Å². The second-order valence-corrected chi connectivity index (χ2v) is 4.30. The van der Waals surface area contributed by atoms with Crippen molar-refractivity contribution in [2.45, 2.75) is 39.8 Å². The summed E-state index contributed by atoms with van der Waals surface area (Å²) in [4.78, 5) is 6.30. The second kappa shape index (κ2) is 5.66. The number of hydrogen-bond acceptors (Lipinski definition) is 5. The van der Waals surface area contributed by atoms with E-state index in [2.05, 4.69) is 29.1 Å². The molecule has 0 unspecified atom stereocenters.